The summed E-state index contributed by atoms with van der Waals surface area (Å²) in [6, 6.07) is 5.78. The molecule has 3 N–H and O–H groups in total. The Balaban J connectivity index is 2.62. The first-order valence-corrected chi connectivity index (χ1v) is 5.30. The minimum absolute atomic E-state index is 0.162. The minimum atomic E-state index is 0.162. The standard InChI is InChI=1S/C11H17ClN2O/c1-8(15-2)7-14-11-4-3-9(6-13)5-10(11)12/h3-5,8,14H,6-7,13H2,1-2H3. The number of ether oxygens (including phenoxy) is 1. The third kappa shape index (κ3) is 3.70. The highest BCUT2D eigenvalue weighted by Crippen LogP contribution is 2.22. The van der Waals surface area contributed by atoms with Crippen LogP contribution in [0.4, 0.5) is 5.69 Å². The molecule has 0 radical (unpaired) electrons. The second-order valence-corrected chi connectivity index (χ2v) is 3.85. The molecule has 84 valence electrons. The molecule has 0 saturated carbocycles. The van der Waals surface area contributed by atoms with Gasteiger partial charge in [-0.3, -0.25) is 0 Å². The summed E-state index contributed by atoms with van der Waals surface area (Å²) in [5.74, 6) is 0. The lowest BCUT2D eigenvalue weighted by Gasteiger charge is -2.13. The first-order chi connectivity index (χ1) is 7.17. The zero-order valence-corrected chi connectivity index (χ0v) is 9.84. The molecule has 0 aliphatic carbocycles. The van der Waals surface area contributed by atoms with Gasteiger partial charge in [-0.2, -0.15) is 0 Å². The number of benzene rings is 1. The van der Waals surface area contributed by atoms with E-state index in [1.54, 1.807) is 7.11 Å². The number of nitrogens with one attached hydrogen (secondary N) is 1. The molecule has 4 heteroatoms. The van der Waals surface area contributed by atoms with Crippen molar-refractivity contribution in [2.45, 2.75) is 19.6 Å². The van der Waals surface area contributed by atoms with Crippen molar-refractivity contribution in [2.24, 2.45) is 5.73 Å². The summed E-state index contributed by atoms with van der Waals surface area (Å²) in [7, 11) is 1.69. The van der Waals surface area contributed by atoms with Crippen LogP contribution in [-0.4, -0.2) is 19.8 Å². The lowest BCUT2D eigenvalue weighted by atomic mass is 10.2. The van der Waals surface area contributed by atoms with E-state index in [9.17, 15) is 0 Å². The van der Waals surface area contributed by atoms with Gasteiger partial charge in [0.25, 0.3) is 0 Å². The molecule has 0 heterocycles. The molecule has 0 amide bonds. The topological polar surface area (TPSA) is 47.3 Å². The molecule has 1 aromatic rings. The van der Waals surface area contributed by atoms with Crippen LogP contribution in [0.5, 0.6) is 0 Å². The molecule has 0 bridgehead atoms. The van der Waals surface area contributed by atoms with Gasteiger partial charge in [-0.15, -0.1) is 0 Å². The van der Waals surface area contributed by atoms with Crippen LogP contribution >= 0.6 is 11.6 Å². The molecule has 1 aromatic carbocycles. The second kappa shape index (κ2) is 5.95. The molecule has 1 unspecified atom stereocenters. The van der Waals surface area contributed by atoms with E-state index >= 15 is 0 Å². The maximum atomic E-state index is 6.08. The third-order valence-corrected chi connectivity index (χ3v) is 2.56. The normalized spacial score (nSPS) is 12.5. The van der Waals surface area contributed by atoms with Gasteiger partial charge in [0, 0.05) is 20.2 Å². The van der Waals surface area contributed by atoms with Crippen LogP contribution in [0.15, 0.2) is 18.2 Å². The minimum Gasteiger partial charge on any atom is -0.381 e. The van der Waals surface area contributed by atoms with E-state index in [2.05, 4.69) is 5.32 Å². The van der Waals surface area contributed by atoms with Gasteiger partial charge in [0.2, 0.25) is 0 Å². The van der Waals surface area contributed by atoms with Crippen molar-refractivity contribution in [2.75, 3.05) is 19.0 Å². The van der Waals surface area contributed by atoms with Crippen molar-refractivity contribution < 1.29 is 4.74 Å². The van der Waals surface area contributed by atoms with Crippen LogP contribution in [-0.2, 0) is 11.3 Å². The van der Waals surface area contributed by atoms with Gasteiger partial charge >= 0.3 is 0 Å². The fourth-order valence-electron chi connectivity index (χ4n) is 1.17. The van der Waals surface area contributed by atoms with Gasteiger partial charge in [-0.05, 0) is 24.6 Å². The number of rotatable bonds is 5. The molecule has 1 atom stereocenters. The first kappa shape index (κ1) is 12.3. The van der Waals surface area contributed by atoms with E-state index in [0.717, 1.165) is 17.8 Å². The van der Waals surface area contributed by atoms with E-state index in [1.807, 2.05) is 25.1 Å². The molecule has 1 rings (SSSR count). The van der Waals surface area contributed by atoms with Crippen molar-refractivity contribution in [1.82, 2.24) is 0 Å². The SMILES string of the molecule is COC(C)CNc1ccc(CN)cc1Cl. The molecule has 0 spiro atoms. The fourth-order valence-corrected chi connectivity index (χ4v) is 1.44. The Bertz CT molecular complexity index is 317. The van der Waals surface area contributed by atoms with Crippen LogP contribution in [0.2, 0.25) is 5.02 Å². The van der Waals surface area contributed by atoms with Crippen molar-refractivity contribution in [3.8, 4) is 0 Å². The highest BCUT2D eigenvalue weighted by Gasteiger charge is 2.03. The molecule has 15 heavy (non-hydrogen) atoms. The predicted octanol–water partition coefficient (Wildman–Crippen LogP) is 2.25. The highest BCUT2D eigenvalue weighted by atomic mass is 35.5. The van der Waals surface area contributed by atoms with Crippen molar-refractivity contribution in [3.63, 3.8) is 0 Å². The maximum absolute atomic E-state index is 6.08. The number of nitrogens with two attached hydrogens (primary N) is 1. The van der Waals surface area contributed by atoms with E-state index in [1.165, 1.54) is 0 Å². The summed E-state index contributed by atoms with van der Waals surface area (Å²) in [6.45, 7) is 3.24. The van der Waals surface area contributed by atoms with E-state index in [0.29, 0.717) is 11.6 Å². The Kier molecular flexibility index (Phi) is 4.88. The van der Waals surface area contributed by atoms with Crippen molar-refractivity contribution in [3.05, 3.63) is 28.8 Å². The number of hydrogen-bond donors (Lipinski definition) is 2. The maximum Gasteiger partial charge on any atom is 0.0715 e. The van der Waals surface area contributed by atoms with Gasteiger partial charge in [-0.25, -0.2) is 0 Å². The lowest BCUT2D eigenvalue weighted by Crippen LogP contribution is -2.18. The molecule has 0 saturated heterocycles. The van der Waals surface area contributed by atoms with Gasteiger partial charge in [0.05, 0.1) is 16.8 Å². The molecule has 3 nitrogen and oxygen atoms in total. The smallest absolute Gasteiger partial charge is 0.0715 e. The van der Waals surface area contributed by atoms with Gasteiger partial charge in [-0.1, -0.05) is 17.7 Å². The second-order valence-electron chi connectivity index (χ2n) is 3.45. The average Bonchev–Trinajstić information content (AvgIpc) is 2.26. The van der Waals surface area contributed by atoms with Gasteiger partial charge < -0.3 is 15.8 Å². The summed E-state index contributed by atoms with van der Waals surface area (Å²) < 4.78 is 5.13. The Hall–Kier alpha value is -0.770. The van der Waals surface area contributed by atoms with Crippen LogP contribution in [0, 0.1) is 0 Å². The molecule has 0 fully saturated rings. The predicted molar refractivity (Wildman–Crippen MR) is 64.3 cm³/mol. The third-order valence-electron chi connectivity index (χ3n) is 2.25. The summed E-state index contributed by atoms with van der Waals surface area (Å²) >= 11 is 6.08. The number of halogens is 1. The first-order valence-electron chi connectivity index (χ1n) is 4.92. The summed E-state index contributed by atoms with van der Waals surface area (Å²) in [5, 5.41) is 3.91. The largest absolute Gasteiger partial charge is 0.381 e. The molecule has 0 aliphatic rings. The summed E-state index contributed by atoms with van der Waals surface area (Å²) in [5.41, 5.74) is 7.46. The Morgan fingerprint density at radius 1 is 1.53 bits per heavy atom. The Labute approximate surface area is 95.6 Å². The molecular weight excluding hydrogens is 212 g/mol. The van der Waals surface area contributed by atoms with Crippen molar-refractivity contribution >= 4 is 17.3 Å². The van der Waals surface area contributed by atoms with E-state index in [-0.39, 0.29) is 6.10 Å². The van der Waals surface area contributed by atoms with Crippen LogP contribution < -0.4 is 11.1 Å². The number of methoxy groups -OCH3 is 1. The summed E-state index contributed by atoms with van der Waals surface area (Å²) in [6.07, 6.45) is 0.162. The van der Waals surface area contributed by atoms with Gasteiger partial charge in [0.15, 0.2) is 0 Å². The molecule has 0 aliphatic heterocycles. The quantitative estimate of drug-likeness (QED) is 0.813. The summed E-state index contributed by atoms with van der Waals surface area (Å²) in [4.78, 5) is 0. The number of hydrogen-bond acceptors (Lipinski definition) is 3. The Morgan fingerprint density at radius 2 is 2.27 bits per heavy atom. The average molecular weight is 229 g/mol. The highest BCUT2D eigenvalue weighted by molar-refractivity contribution is 6.33. The zero-order chi connectivity index (χ0) is 11.3. The van der Waals surface area contributed by atoms with Crippen LogP contribution in [0.1, 0.15) is 12.5 Å². The lowest BCUT2D eigenvalue weighted by molar-refractivity contribution is 0.129. The zero-order valence-electron chi connectivity index (χ0n) is 9.09. The monoisotopic (exact) mass is 228 g/mol. The van der Waals surface area contributed by atoms with Crippen LogP contribution in [0.25, 0.3) is 0 Å². The molecule has 0 aromatic heterocycles. The van der Waals surface area contributed by atoms with E-state index < -0.39 is 0 Å². The van der Waals surface area contributed by atoms with Crippen LogP contribution in [0.3, 0.4) is 0 Å². The van der Waals surface area contributed by atoms with Gasteiger partial charge in [0.1, 0.15) is 0 Å². The molecular formula is C11H17ClN2O. The van der Waals surface area contributed by atoms with Crippen molar-refractivity contribution in [1.29, 1.82) is 0 Å². The van der Waals surface area contributed by atoms with E-state index in [4.69, 9.17) is 22.1 Å². The Morgan fingerprint density at radius 3 is 2.80 bits per heavy atom. The number of anilines is 1. The fraction of sp³-hybridized carbons (Fsp3) is 0.455.